The van der Waals surface area contributed by atoms with E-state index in [1.165, 1.54) is 16.9 Å². The van der Waals surface area contributed by atoms with E-state index in [4.69, 9.17) is 9.47 Å². The number of carbonyl (C=O) groups excluding carboxylic acids is 2. The number of amides is 2. The number of ether oxygens (including phenoxy) is 2. The van der Waals surface area contributed by atoms with Crippen molar-refractivity contribution in [2.24, 2.45) is 0 Å². The summed E-state index contributed by atoms with van der Waals surface area (Å²) in [5.41, 5.74) is 2.04. The molecule has 1 aliphatic heterocycles. The molecule has 0 spiro atoms. The van der Waals surface area contributed by atoms with Gasteiger partial charge in [0.25, 0.3) is 5.91 Å². The molecule has 1 fully saturated rings. The molecule has 1 atom stereocenters. The smallest absolute Gasteiger partial charge is 0.261 e. The van der Waals surface area contributed by atoms with Crippen LogP contribution in [-0.4, -0.2) is 49.6 Å². The van der Waals surface area contributed by atoms with Crippen molar-refractivity contribution in [3.05, 3.63) is 64.5 Å². The third kappa shape index (κ3) is 4.89. The number of hydrogen-bond acceptors (Lipinski definition) is 5. The zero-order valence-electron chi connectivity index (χ0n) is 17.7. The molecule has 6 nitrogen and oxygen atoms in total. The zero-order chi connectivity index (χ0) is 21.8. The number of fused-ring (bicyclic) bond motifs is 1. The highest BCUT2D eigenvalue weighted by atomic mass is 32.1. The molecule has 0 aliphatic carbocycles. The van der Waals surface area contributed by atoms with E-state index in [2.05, 4.69) is 5.32 Å². The Bertz CT molecular complexity index is 1080. The Labute approximate surface area is 185 Å². The van der Waals surface area contributed by atoms with Gasteiger partial charge in [0.1, 0.15) is 18.5 Å². The molecule has 0 saturated carbocycles. The normalized spacial score (nSPS) is 16.3. The molecular formula is C24H26N2O4S. The molecule has 2 heterocycles. The molecule has 3 aromatic rings. The highest BCUT2D eigenvalue weighted by Crippen LogP contribution is 2.38. The molecule has 0 radical (unpaired) electrons. The van der Waals surface area contributed by atoms with Gasteiger partial charge in [-0.15, -0.1) is 11.3 Å². The third-order valence-corrected chi connectivity index (χ3v) is 6.54. The highest BCUT2D eigenvalue weighted by Gasteiger charge is 2.30. The molecule has 0 bridgehead atoms. The summed E-state index contributed by atoms with van der Waals surface area (Å²) >= 11 is 1.45. The first-order chi connectivity index (χ1) is 15.0. The van der Waals surface area contributed by atoms with Crippen LogP contribution in [0.2, 0.25) is 0 Å². The van der Waals surface area contributed by atoms with Crippen LogP contribution in [-0.2, 0) is 9.53 Å². The summed E-state index contributed by atoms with van der Waals surface area (Å²) in [5.74, 6) is 0.654. The fourth-order valence-corrected chi connectivity index (χ4v) is 4.88. The molecule has 1 saturated heterocycles. The van der Waals surface area contributed by atoms with Gasteiger partial charge < -0.3 is 19.7 Å². The summed E-state index contributed by atoms with van der Waals surface area (Å²) in [4.78, 5) is 27.3. The van der Waals surface area contributed by atoms with E-state index in [9.17, 15) is 9.59 Å². The third-order valence-electron chi connectivity index (χ3n) is 5.35. The summed E-state index contributed by atoms with van der Waals surface area (Å²) in [5, 5.41) is 3.97. The molecule has 1 unspecified atom stereocenters. The maximum Gasteiger partial charge on any atom is 0.261 e. The van der Waals surface area contributed by atoms with Crippen molar-refractivity contribution in [2.45, 2.75) is 20.0 Å². The number of aryl methyl sites for hydroxylation is 1. The van der Waals surface area contributed by atoms with E-state index in [0.29, 0.717) is 37.7 Å². The number of morpholine rings is 1. The molecule has 2 aromatic carbocycles. The van der Waals surface area contributed by atoms with E-state index < -0.39 is 0 Å². The second-order valence-corrected chi connectivity index (χ2v) is 8.64. The largest absolute Gasteiger partial charge is 0.492 e. The van der Waals surface area contributed by atoms with Gasteiger partial charge in [0, 0.05) is 23.7 Å². The molecule has 1 aliphatic rings. The van der Waals surface area contributed by atoms with Crippen molar-refractivity contribution >= 4 is 33.2 Å². The fraction of sp³-hybridized carbons (Fsp3) is 0.333. The topological polar surface area (TPSA) is 67.9 Å². The number of thiophene rings is 1. The van der Waals surface area contributed by atoms with Crippen LogP contribution in [0.4, 0.5) is 0 Å². The van der Waals surface area contributed by atoms with Crippen LogP contribution in [0, 0.1) is 6.92 Å². The molecular weight excluding hydrogens is 412 g/mol. The Hall–Kier alpha value is -2.90. The molecule has 7 heteroatoms. The number of hydrogen-bond donors (Lipinski definition) is 1. The van der Waals surface area contributed by atoms with Crippen molar-refractivity contribution in [3.8, 4) is 5.75 Å². The maximum atomic E-state index is 13.1. The first-order valence-electron chi connectivity index (χ1n) is 10.4. The number of benzene rings is 2. The van der Waals surface area contributed by atoms with Gasteiger partial charge in [0.2, 0.25) is 5.91 Å². The quantitative estimate of drug-likeness (QED) is 0.592. The lowest BCUT2D eigenvalue weighted by molar-refractivity contribution is -0.136. The van der Waals surface area contributed by atoms with Crippen LogP contribution in [0.15, 0.2) is 48.5 Å². The van der Waals surface area contributed by atoms with Gasteiger partial charge in [-0.25, -0.2) is 0 Å². The summed E-state index contributed by atoms with van der Waals surface area (Å²) < 4.78 is 12.7. The van der Waals surface area contributed by atoms with E-state index in [1.807, 2.05) is 55.5 Å². The Morgan fingerprint density at radius 3 is 2.74 bits per heavy atom. The van der Waals surface area contributed by atoms with Gasteiger partial charge in [-0.2, -0.15) is 0 Å². The lowest BCUT2D eigenvalue weighted by Gasteiger charge is -2.32. The average Bonchev–Trinajstić information content (AvgIpc) is 3.17. The Balaban J connectivity index is 1.48. The molecule has 1 aromatic heterocycles. The van der Waals surface area contributed by atoms with Crippen molar-refractivity contribution in [3.63, 3.8) is 0 Å². The predicted octanol–water partition coefficient (Wildman–Crippen LogP) is 3.94. The van der Waals surface area contributed by atoms with Crippen molar-refractivity contribution in [1.82, 2.24) is 10.2 Å². The Morgan fingerprint density at radius 2 is 1.97 bits per heavy atom. The number of rotatable bonds is 6. The molecule has 4 rings (SSSR count). The first-order valence-corrected chi connectivity index (χ1v) is 11.2. The number of nitrogens with zero attached hydrogens (tertiary/aromatic N) is 1. The van der Waals surface area contributed by atoms with Crippen LogP contribution in [0.3, 0.4) is 0 Å². The monoisotopic (exact) mass is 438 g/mol. The molecule has 31 heavy (non-hydrogen) atoms. The molecule has 1 N–H and O–H groups in total. The van der Waals surface area contributed by atoms with Crippen LogP contribution < -0.4 is 10.1 Å². The van der Waals surface area contributed by atoms with E-state index >= 15 is 0 Å². The second kappa shape index (κ2) is 9.49. The van der Waals surface area contributed by atoms with E-state index in [0.717, 1.165) is 21.4 Å². The van der Waals surface area contributed by atoms with Crippen LogP contribution >= 0.6 is 11.3 Å². The number of carbonyl (C=O) groups is 2. The SMILES string of the molecule is CC(=O)N1CCOC(c2c(C(=O)NCCOc3ccc(C)cc3)sc3ccccc23)C1. The van der Waals surface area contributed by atoms with Gasteiger partial charge in [-0.05, 0) is 30.5 Å². The van der Waals surface area contributed by atoms with Crippen molar-refractivity contribution < 1.29 is 19.1 Å². The predicted molar refractivity (Wildman–Crippen MR) is 122 cm³/mol. The summed E-state index contributed by atoms with van der Waals surface area (Å²) in [6.07, 6.45) is -0.321. The first kappa shape index (κ1) is 21.3. The lowest BCUT2D eigenvalue weighted by Crippen LogP contribution is -2.41. The Kier molecular flexibility index (Phi) is 6.53. The second-order valence-electron chi connectivity index (χ2n) is 7.58. The molecule has 2 amide bonds. The Morgan fingerprint density at radius 1 is 1.19 bits per heavy atom. The maximum absolute atomic E-state index is 13.1. The highest BCUT2D eigenvalue weighted by molar-refractivity contribution is 7.21. The fourth-order valence-electron chi connectivity index (χ4n) is 3.71. The van der Waals surface area contributed by atoms with Gasteiger partial charge in [-0.3, -0.25) is 9.59 Å². The van der Waals surface area contributed by atoms with Crippen LogP contribution in [0.5, 0.6) is 5.75 Å². The van der Waals surface area contributed by atoms with E-state index in [1.54, 1.807) is 11.8 Å². The van der Waals surface area contributed by atoms with Gasteiger partial charge in [0.05, 0.1) is 24.6 Å². The van der Waals surface area contributed by atoms with Crippen molar-refractivity contribution in [1.29, 1.82) is 0 Å². The summed E-state index contributed by atoms with van der Waals surface area (Å²) in [7, 11) is 0. The summed E-state index contributed by atoms with van der Waals surface area (Å²) in [6.45, 7) is 5.85. The minimum atomic E-state index is -0.321. The van der Waals surface area contributed by atoms with Crippen LogP contribution in [0.1, 0.15) is 33.8 Å². The van der Waals surface area contributed by atoms with Gasteiger partial charge >= 0.3 is 0 Å². The lowest BCUT2D eigenvalue weighted by atomic mass is 10.0. The molecule has 162 valence electrons. The summed E-state index contributed by atoms with van der Waals surface area (Å²) in [6, 6.07) is 15.8. The average molecular weight is 439 g/mol. The van der Waals surface area contributed by atoms with Crippen LogP contribution in [0.25, 0.3) is 10.1 Å². The van der Waals surface area contributed by atoms with Gasteiger partial charge in [-0.1, -0.05) is 35.9 Å². The zero-order valence-corrected chi connectivity index (χ0v) is 18.5. The number of nitrogens with one attached hydrogen (secondary N) is 1. The standard InChI is InChI=1S/C24H26N2O4S/c1-16-7-9-18(10-8-16)29-13-11-25-24(28)23-22(19-5-3-4-6-21(19)31-23)20-15-26(17(2)27)12-14-30-20/h3-10,20H,11-15H2,1-2H3,(H,25,28). The van der Waals surface area contributed by atoms with Gasteiger partial charge in [0.15, 0.2) is 0 Å². The van der Waals surface area contributed by atoms with Crippen molar-refractivity contribution in [2.75, 3.05) is 32.8 Å². The minimum Gasteiger partial charge on any atom is -0.492 e. The van der Waals surface area contributed by atoms with E-state index in [-0.39, 0.29) is 17.9 Å². The minimum absolute atomic E-state index is 0.0205.